The maximum Gasteiger partial charge on any atom is 0.0746 e. The van der Waals surface area contributed by atoms with Crippen molar-refractivity contribution in [3.05, 3.63) is 0 Å². The van der Waals surface area contributed by atoms with Crippen LogP contribution in [0.5, 0.6) is 0 Å². The molecule has 0 aromatic carbocycles. The SMILES string of the molecule is CC(C)CC(C)(O)CNC1CCN(C)C1. The van der Waals surface area contributed by atoms with Crippen molar-refractivity contribution in [3.8, 4) is 0 Å². The third-order valence-corrected chi connectivity index (χ3v) is 3.01. The molecule has 1 aliphatic heterocycles. The molecule has 2 N–H and O–H groups in total. The molecule has 1 aliphatic rings. The van der Waals surface area contributed by atoms with Crippen LogP contribution in [0.3, 0.4) is 0 Å². The molecule has 0 saturated carbocycles. The van der Waals surface area contributed by atoms with E-state index in [0.29, 0.717) is 18.5 Å². The van der Waals surface area contributed by atoms with Crippen LogP contribution in [0, 0.1) is 5.92 Å². The summed E-state index contributed by atoms with van der Waals surface area (Å²) in [6.07, 6.45) is 2.07. The predicted octanol–water partition coefficient (Wildman–Crippen LogP) is 1.08. The molecule has 0 aromatic heterocycles. The lowest BCUT2D eigenvalue weighted by Crippen LogP contribution is -2.44. The molecule has 15 heavy (non-hydrogen) atoms. The van der Waals surface area contributed by atoms with E-state index in [9.17, 15) is 5.11 Å². The summed E-state index contributed by atoms with van der Waals surface area (Å²) >= 11 is 0. The van der Waals surface area contributed by atoms with Crippen molar-refractivity contribution < 1.29 is 5.11 Å². The first kappa shape index (κ1) is 12.9. The molecule has 3 nitrogen and oxygen atoms in total. The third kappa shape index (κ3) is 4.96. The quantitative estimate of drug-likeness (QED) is 0.719. The Morgan fingerprint density at radius 3 is 2.67 bits per heavy atom. The number of hydrogen-bond donors (Lipinski definition) is 2. The zero-order valence-electron chi connectivity index (χ0n) is 10.6. The summed E-state index contributed by atoms with van der Waals surface area (Å²) in [6.45, 7) is 9.22. The Labute approximate surface area is 93.9 Å². The highest BCUT2D eigenvalue weighted by atomic mass is 16.3. The van der Waals surface area contributed by atoms with Crippen LogP contribution in [0.25, 0.3) is 0 Å². The van der Waals surface area contributed by atoms with Crippen LogP contribution >= 0.6 is 0 Å². The van der Waals surface area contributed by atoms with E-state index in [1.807, 2.05) is 6.92 Å². The van der Waals surface area contributed by atoms with E-state index in [2.05, 4.69) is 31.1 Å². The van der Waals surface area contributed by atoms with Gasteiger partial charge in [0.05, 0.1) is 5.60 Å². The van der Waals surface area contributed by atoms with Crippen molar-refractivity contribution in [3.63, 3.8) is 0 Å². The second kappa shape index (κ2) is 5.28. The van der Waals surface area contributed by atoms with Crippen molar-refractivity contribution >= 4 is 0 Å². The summed E-state index contributed by atoms with van der Waals surface area (Å²) in [5, 5.41) is 13.6. The van der Waals surface area contributed by atoms with E-state index in [-0.39, 0.29) is 0 Å². The molecule has 0 aliphatic carbocycles. The molecule has 2 unspecified atom stereocenters. The van der Waals surface area contributed by atoms with Gasteiger partial charge >= 0.3 is 0 Å². The fourth-order valence-electron chi connectivity index (χ4n) is 2.42. The molecule has 1 heterocycles. The van der Waals surface area contributed by atoms with Crippen molar-refractivity contribution in [2.24, 2.45) is 5.92 Å². The predicted molar refractivity (Wildman–Crippen MR) is 64.0 cm³/mol. The van der Waals surface area contributed by atoms with Gasteiger partial charge < -0.3 is 15.3 Å². The van der Waals surface area contributed by atoms with Crippen LogP contribution in [0.4, 0.5) is 0 Å². The fourth-order valence-corrected chi connectivity index (χ4v) is 2.42. The summed E-state index contributed by atoms with van der Waals surface area (Å²) in [5.41, 5.74) is -0.560. The second-order valence-electron chi connectivity index (χ2n) is 5.72. The highest BCUT2D eigenvalue weighted by Gasteiger charge is 2.25. The van der Waals surface area contributed by atoms with Gasteiger partial charge in [-0.25, -0.2) is 0 Å². The number of nitrogens with one attached hydrogen (secondary N) is 1. The Hall–Kier alpha value is -0.120. The van der Waals surface area contributed by atoms with Crippen LogP contribution in [0.15, 0.2) is 0 Å². The standard InChI is InChI=1S/C12H26N2O/c1-10(2)7-12(3,15)9-13-11-5-6-14(4)8-11/h10-11,13,15H,5-9H2,1-4H3. The molecule has 0 spiro atoms. The monoisotopic (exact) mass is 214 g/mol. The van der Waals surface area contributed by atoms with Crippen LogP contribution in [0.2, 0.25) is 0 Å². The van der Waals surface area contributed by atoms with Gasteiger partial charge in [-0.2, -0.15) is 0 Å². The van der Waals surface area contributed by atoms with Crippen molar-refractivity contribution in [2.75, 3.05) is 26.7 Å². The smallest absolute Gasteiger partial charge is 0.0746 e. The summed E-state index contributed by atoms with van der Waals surface area (Å²) in [5.74, 6) is 0.549. The van der Waals surface area contributed by atoms with Crippen LogP contribution in [-0.4, -0.2) is 48.3 Å². The van der Waals surface area contributed by atoms with Crippen LogP contribution in [0.1, 0.15) is 33.6 Å². The number of hydrogen-bond acceptors (Lipinski definition) is 3. The second-order valence-corrected chi connectivity index (χ2v) is 5.72. The maximum atomic E-state index is 10.1. The zero-order valence-corrected chi connectivity index (χ0v) is 10.6. The molecule has 90 valence electrons. The molecule has 3 heteroatoms. The number of likely N-dealkylation sites (N-methyl/N-ethyl adjacent to an activating group) is 1. The van der Waals surface area contributed by atoms with Gasteiger partial charge in [0.2, 0.25) is 0 Å². The number of rotatable bonds is 5. The van der Waals surface area contributed by atoms with E-state index in [0.717, 1.165) is 13.0 Å². The van der Waals surface area contributed by atoms with Crippen LogP contribution < -0.4 is 5.32 Å². The first-order chi connectivity index (χ1) is 6.89. The highest BCUT2D eigenvalue weighted by molar-refractivity contribution is 4.84. The Morgan fingerprint density at radius 2 is 2.20 bits per heavy atom. The normalized spacial score (nSPS) is 27.2. The Bertz CT molecular complexity index is 192. The highest BCUT2D eigenvalue weighted by Crippen LogP contribution is 2.16. The van der Waals surface area contributed by atoms with Gasteiger partial charge in [-0.15, -0.1) is 0 Å². The van der Waals surface area contributed by atoms with Gasteiger partial charge in [0.1, 0.15) is 0 Å². The summed E-state index contributed by atoms with van der Waals surface area (Å²) < 4.78 is 0. The molecule has 2 atom stereocenters. The molecule has 0 radical (unpaired) electrons. The Kier molecular flexibility index (Phi) is 4.56. The lowest BCUT2D eigenvalue weighted by Gasteiger charge is -2.27. The Balaban J connectivity index is 2.23. The average molecular weight is 214 g/mol. The van der Waals surface area contributed by atoms with E-state index < -0.39 is 5.60 Å². The number of likely N-dealkylation sites (tertiary alicyclic amines) is 1. The van der Waals surface area contributed by atoms with Gasteiger partial charge in [-0.3, -0.25) is 0 Å². The molecular weight excluding hydrogens is 188 g/mol. The van der Waals surface area contributed by atoms with E-state index in [4.69, 9.17) is 0 Å². The Morgan fingerprint density at radius 1 is 1.53 bits per heavy atom. The first-order valence-corrected chi connectivity index (χ1v) is 6.03. The minimum absolute atomic E-state index is 0.549. The number of nitrogens with zero attached hydrogens (tertiary/aromatic N) is 1. The summed E-state index contributed by atoms with van der Waals surface area (Å²) in [4.78, 5) is 2.33. The van der Waals surface area contributed by atoms with Crippen molar-refractivity contribution in [2.45, 2.75) is 45.3 Å². The lowest BCUT2D eigenvalue weighted by atomic mass is 9.94. The van der Waals surface area contributed by atoms with Crippen molar-refractivity contribution in [1.29, 1.82) is 0 Å². The largest absolute Gasteiger partial charge is 0.389 e. The van der Waals surface area contributed by atoms with E-state index in [1.54, 1.807) is 0 Å². The van der Waals surface area contributed by atoms with Gasteiger partial charge in [0.15, 0.2) is 0 Å². The van der Waals surface area contributed by atoms with Crippen LogP contribution in [-0.2, 0) is 0 Å². The minimum atomic E-state index is -0.560. The van der Waals surface area contributed by atoms with Gasteiger partial charge in [0.25, 0.3) is 0 Å². The number of aliphatic hydroxyl groups is 1. The maximum absolute atomic E-state index is 10.1. The zero-order chi connectivity index (χ0) is 11.5. The van der Waals surface area contributed by atoms with E-state index in [1.165, 1.54) is 13.0 Å². The minimum Gasteiger partial charge on any atom is -0.389 e. The first-order valence-electron chi connectivity index (χ1n) is 6.03. The third-order valence-electron chi connectivity index (χ3n) is 3.01. The molecule has 0 bridgehead atoms. The lowest BCUT2D eigenvalue weighted by molar-refractivity contribution is 0.0362. The van der Waals surface area contributed by atoms with Gasteiger partial charge in [0, 0.05) is 19.1 Å². The van der Waals surface area contributed by atoms with Crippen molar-refractivity contribution in [1.82, 2.24) is 10.2 Å². The topological polar surface area (TPSA) is 35.5 Å². The van der Waals surface area contributed by atoms with E-state index >= 15 is 0 Å². The summed E-state index contributed by atoms with van der Waals surface area (Å²) in [6, 6.07) is 0.564. The molecule has 1 saturated heterocycles. The molecule has 1 fully saturated rings. The van der Waals surface area contributed by atoms with Gasteiger partial charge in [-0.05, 0) is 39.3 Å². The molecule has 0 aromatic rings. The van der Waals surface area contributed by atoms with Gasteiger partial charge in [-0.1, -0.05) is 13.8 Å². The molecule has 1 rings (SSSR count). The molecule has 0 amide bonds. The molecular formula is C12H26N2O. The summed E-state index contributed by atoms with van der Waals surface area (Å²) in [7, 11) is 2.15. The average Bonchev–Trinajstić information content (AvgIpc) is 2.46. The fraction of sp³-hybridized carbons (Fsp3) is 1.00.